The van der Waals surface area contributed by atoms with Gasteiger partial charge in [-0.15, -0.1) is 6.58 Å². The molecular formula is C7H8NO4P. The molecule has 0 saturated carbocycles. The molecule has 0 fully saturated rings. The van der Waals surface area contributed by atoms with Crippen LogP contribution in [-0.4, -0.2) is 23.1 Å². The van der Waals surface area contributed by atoms with E-state index in [4.69, 9.17) is 0 Å². The van der Waals surface area contributed by atoms with E-state index in [0.717, 1.165) is 12.2 Å². The minimum Gasteiger partial charge on any atom is -0.311 e. The predicted molar refractivity (Wildman–Crippen MR) is 46.1 cm³/mol. The fraction of sp³-hybridized carbons (Fsp3) is 0.143. The van der Waals surface area contributed by atoms with Gasteiger partial charge in [-0.2, -0.15) is 0 Å². The Morgan fingerprint density at radius 1 is 1.46 bits per heavy atom. The van der Waals surface area contributed by atoms with Crippen molar-refractivity contribution >= 4 is 20.0 Å². The van der Waals surface area contributed by atoms with Crippen molar-refractivity contribution in [2.24, 2.45) is 0 Å². The molecule has 0 radical (unpaired) electrons. The molecular weight excluding hydrogens is 193 g/mol. The van der Waals surface area contributed by atoms with Crippen molar-refractivity contribution in [2.45, 2.75) is 0 Å². The van der Waals surface area contributed by atoms with E-state index in [1.807, 2.05) is 0 Å². The highest BCUT2D eigenvalue weighted by molar-refractivity contribution is 7.38. The molecule has 1 heterocycles. The molecule has 5 nitrogen and oxygen atoms in total. The number of amides is 2. The lowest BCUT2D eigenvalue weighted by atomic mass is 10.6. The molecule has 0 spiro atoms. The quantitative estimate of drug-likeness (QED) is 0.377. The topological polar surface area (TPSA) is 63.7 Å². The minimum atomic E-state index is -2.78. The Balaban J connectivity index is 2.62. The van der Waals surface area contributed by atoms with Gasteiger partial charge in [0, 0.05) is 12.2 Å². The second-order valence-corrected chi connectivity index (χ2v) is 3.48. The molecule has 1 aliphatic heterocycles. The molecule has 1 rings (SSSR count). The molecule has 1 unspecified atom stereocenters. The Labute approximate surface area is 75.6 Å². The number of hydrogen-bond acceptors (Lipinski definition) is 4. The van der Waals surface area contributed by atoms with Crippen LogP contribution in [0.4, 0.5) is 0 Å². The molecule has 0 aromatic heterocycles. The van der Waals surface area contributed by atoms with Gasteiger partial charge in [-0.05, 0) is 0 Å². The first-order valence-corrected chi connectivity index (χ1v) is 4.77. The Hall–Kier alpha value is -1.19. The lowest BCUT2D eigenvalue weighted by Crippen LogP contribution is -2.22. The zero-order valence-corrected chi connectivity index (χ0v) is 7.73. The number of carbonyl (C=O) groups excluding carboxylic acids is 2. The van der Waals surface area contributed by atoms with Crippen LogP contribution < -0.4 is 0 Å². The van der Waals surface area contributed by atoms with Crippen LogP contribution in [0.5, 0.6) is 0 Å². The first-order chi connectivity index (χ1) is 6.16. The fourth-order valence-corrected chi connectivity index (χ4v) is 1.67. The van der Waals surface area contributed by atoms with Crippen LogP contribution >= 0.6 is 8.18 Å². The Morgan fingerprint density at radius 2 is 2.00 bits per heavy atom. The van der Waals surface area contributed by atoms with E-state index in [0.29, 0.717) is 4.67 Å². The van der Waals surface area contributed by atoms with E-state index in [1.54, 1.807) is 0 Å². The van der Waals surface area contributed by atoms with Crippen LogP contribution in [0.1, 0.15) is 0 Å². The smallest absolute Gasteiger partial charge is 0.294 e. The van der Waals surface area contributed by atoms with Crippen molar-refractivity contribution in [2.75, 3.05) is 6.61 Å². The summed E-state index contributed by atoms with van der Waals surface area (Å²) >= 11 is 0. The summed E-state index contributed by atoms with van der Waals surface area (Å²) in [4.78, 5) is 21.9. The Morgan fingerprint density at radius 3 is 2.46 bits per heavy atom. The first kappa shape index (κ1) is 9.89. The maximum Gasteiger partial charge on any atom is 0.294 e. The second-order valence-electron chi connectivity index (χ2n) is 2.21. The van der Waals surface area contributed by atoms with E-state index in [1.165, 1.54) is 6.08 Å². The van der Waals surface area contributed by atoms with Crippen LogP contribution in [0.25, 0.3) is 0 Å². The van der Waals surface area contributed by atoms with Gasteiger partial charge in [0.2, 0.25) is 0 Å². The molecule has 0 saturated heterocycles. The van der Waals surface area contributed by atoms with Crippen LogP contribution in [0.15, 0.2) is 24.8 Å². The van der Waals surface area contributed by atoms with E-state index < -0.39 is 20.0 Å². The van der Waals surface area contributed by atoms with Gasteiger partial charge in [0.25, 0.3) is 20.0 Å². The van der Waals surface area contributed by atoms with Gasteiger partial charge in [0.05, 0.1) is 6.61 Å². The summed E-state index contributed by atoms with van der Waals surface area (Å²) in [6, 6.07) is 0. The average molecular weight is 201 g/mol. The van der Waals surface area contributed by atoms with Crippen molar-refractivity contribution < 1.29 is 18.7 Å². The molecule has 13 heavy (non-hydrogen) atoms. The molecule has 0 aromatic carbocycles. The van der Waals surface area contributed by atoms with Gasteiger partial charge in [-0.25, -0.2) is 4.67 Å². The Bertz CT molecular complexity index is 292. The standard InChI is InChI=1S/C7H8NO4P/c1-2-5-12-13(11)8-6(9)3-4-7(8)10/h2-4,13H,1,5H2. The van der Waals surface area contributed by atoms with Crippen molar-refractivity contribution in [1.82, 2.24) is 4.67 Å². The van der Waals surface area contributed by atoms with Crippen molar-refractivity contribution in [3.05, 3.63) is 24.8 Å². The van der Waals surface area contributed by atoms with Crippen molar-refractivity contribution in [3.63, 3.8) is 0 Å². The summed E-state index contributed by atoms with van der Waals surface area (Å²) in [5.74, 6) is -1.20. The van der Waals surface area contributed by atoms with Gasteiger partial charge in [-0.1, -0.05) is 6.08 Å². The molecule has 0 aromatic rings. The number of rotatable bonds is 4. The van der Waals surface area contributed by atoms with Crippen LogP contribution in [0.3, 0.4) is 0 Å². The number of imide groups is 1. The van der Waals surface area contributed by atoms with Crippen LogP contribution in [-0.2, 0) is 18.7 Å². The average Bonchev–Trinajstić information content (AvgIpc) is 2.42. The van der Waals surface area contributed by atoms with E-state index >= 15 is 0 Å². The third-order valence-corrected chi connectivity index (χ3v) is 2.54. The zero-order chi connectivity index (χ0) is 9.84. The van der Waals surface area contributed by atoms with E-state index in [9.17, 15) is 14.2 Å². The molecule has 2 amide bonds. The summed E-state index contributed by atoms with van der Waals surface area (Å²) in [7, 11) is -2.78. The summed E-state index contributed by atoms with van der Waals surface area (Å²) in [6.07, 6.45) is 3.51. The fourth-order valence-electron chi connectivity index (χ4n) is 0.775. The lowest BCUT2D eigenvalue weighted by Gasteiger charge is -2.11. The third kappa shape index (κ3) is 2.14. The van der Waals surface area contributed by atoms with Crippen LogP contribution in [0.2, 0.25) is 0 Å². The summed E-state index contributed by atoms with van der Waals surface area (Å²) in [5.41, 5.74) is 0. The minimum absolute atomic E-state index is 0.0505. The van der Waals surface area contributed by atoms with E-state index in [2.05, 4.69) is 11.1 Å². The van der Waals surface area contributed by atoms with Gasteiger partial charge >= 0.3 is 0 Å². The lowest BCUT2D eigenvalue weighted by molar-refractivity contribution is -0.131. The van der Waals surface area contributed by atoms with E-state index in [-0.39, 0.29) is 6.61 Å². The van der Waals surface area contributed by atoms with Gasteiger partial charge < -0.3 is 4.52 Å². The summed E-state index contributed by atoms with van der Waals surface area (Å²) in [5, 5.41) is 0. The Kier molecular flexibility index (Phi) is 3.17. The maximum atomic E-state index is 11.2. The summed E-state index contributed by atoms with van der Waals surface area (Å²) < 4.78 is 16.5. The number of carbonyl (C=O) groups is 2. The monoisotopic (exact) mass is 201 g/mol. The highest BCUT2D eigenvalue weighted by Gasteiger charge is 2.28. The van der Waals surface area contributed by atoms with Gasteiger partial charge in [-0.3, -0.25) is 14.2 Å². The maximum absolute atomic E-state index is 11.2. The third-order valence-electron chi connectivity index (χ3n) is 1.32. The molecule has 6 heteroatoms. The first-order valence-electron chi connectivity index (χ1n) is 3.50. The normalized spacial score (nSPS) is 18.0. The SMILES string of the molecule is C=CCO[PH](=O)N1C(=O)C=CC1=O. The van der Waals surface area contributed by atoms with Gasteiger partial charge in [0.1, 0.15) is 0 Å². The second kappa shape index (κ2) is 4.16. The number of hydrogen-bond donors (Lipinski definition) is 0. The summed E-state index contributed by atoms with van der Waals surface area (Å²) in [6.45, 7) is 3.40. The van der Waals surface area contributed by atoms with Gasteiger partial charge in [0.15, 0.2) is 0 Å². The van der Waals surface area contributed by atoms with Crippen LogP contribution in [0, 0.1) is 0 Å². The zero-order valence-electron chi connectivity index (χ0n) is 6.73. The highest BCUT2D eigenvalue weighted by atomic mass is 31.1. The highest BCUT2D eigenvalue weighted by Crippen LogP contribution is 2.31. The molecule has 1 atom stereocenters. The molecule has 70 valence electrons. The van der Waals surface area contributed by atoms with Crippen molar-refractivity contribution in [1.29, 1.82) is 0 Å². The van der Waals surface area contributed by atoms with Crippen molar-refractivity contribution in [3.8, 4) is 0 Å². The number of nitrogens with zero attached hydrogens (tertiary/aromatic N) is 1. The molecule has 0 aliphatic carbocycles. The molecule has 1 aliphatic rings. The largest absolute Gasteiger partial charge is 0.311 e. The molecule has 0 bridgehead atoms. The molecule has 0 N–H and O–H groups in total. The predicted octanol–water partition coefficient (Wildman–Crippen LogP) is 0.504.